The highest BCUT2D eigenvalue weighted by Gasteiger charge is 2.17. The number of hydrogen-bond donors (Lipinski definition) is 0. The molecule has 1 aromatic heterocycles. The topological polar surface area (TPSA) is 17.8 Å². The molecule has 3 heteroatoms. The lowest BCUT2D eigenvalue weighted by molar-refractivity contribution is 0.458. The minimum absolute atomic E-state index is 0.499. The van der Waals surface area contributed by atoms with Gasteiger partial charge in [0.1, 0.15) is 5.82 Å². The van der Waals surface area contributed by atoms with E-state index in [0.717, 1.165) is 23.8 Å². The minimum atomic E-state index is 0.499. The van der Waals surface area contributed by atoms with Gasteiger partial charge in [0.25, 0.3) is 0 Å². The van der Waals surface area contributed by atoms with Crippen LogP contribution < -0.4 is 0 Å². The van der Waals surface area contributed by atoms with Crippen molar-refractivity contribution in [1.82, 2.24) is 9.55 Å². The first-order chi connectivity index (χ1) is 9.29. The molecule has 0 spiro atoms. The van der Waals surface area contributed by atoms with E-state index in [0.29, 0.717) is 5.88 Å². The van der Waals surface area contributed by atoms with Crippen LogP contribution in [0.15, 0.2) is 18.2 Å². The van der Waals surface area contributed by atoms with Crippen molar-refractivity contribution in [3.05, 3.63) is 29.6 Å². The first kappa shape index (κ1) is 13.0. The highest BCUT2D eigenvalue weighted by atomic mass is 35.5. The van der Waals surface area contributed by atoms with E-state index in [1.165, 1.54) is 43.2 Å². The zero-order chi connectivity index (χ0) is 13.2. The SMILES string of the molecule is Cc1cccc2nc(CCl)n(CCC3CCCC3)c12. The predicted octanol–water partition coefficient (Wildman–Crippen LogP) is 4.66. The molecule has 102 valence electrons. The highest BCUT2D eigenvalue weighted by Crippen LogP contribution is 2.29. The average molecular weight is 277 g/mol. The van der Waals surface area contributed by atoms with Crippen LogP contribution in [0.2, 0.25) is 0 Å². The molecule has 0 amide bonds. The van der Waals surface area contributed by atoms with E-state index in [9.17, 15) is 0 Å². The van der Waals surface area contributed by atoms with Crippen molar-refractivity contribution in [1.29, 1.82) is 0 Å². The average Bonchev–Trinajstić information content (AvgIpc) is 3.03. The molecule has 1 aliphatic rings. The van der Waals surface area contributed by atoms with E-state index in [-0.39, 0.29) is 0 Å². The van der Waals surface area contributed by atoms with E-state index in [1.807, 2.05) is 0 Å². The standard InChI is InChI=1S/C16H21ClN2/c1-12-5-4-8-14-16(12)19(15(11-17)18-14)10-9-13-6-2-3-7-13/h4-5,8,13H,2-3,6-7,9-11H2,1H3. The summed E-state index contributed by atoms with van der Waals surface area (Å²) in [6.07, 6.45) is 6.90. The Hall–Kier alpha value is -1.02. The third-order valence-corrected chi connectivity index (χ3v) is 4.64. The number of benzene rings is 1. The monoisotopic (exact) mass is 276 g/mol. The van der Waals surface area contributed by atoms with Crippen LogP contribution in [0.5, 0.6) is 0 Å². The summed E-state index contributed by atoms with van der Waals surface area (Å²) in [6.45, 7) is 3.22. The summed E-state index contributed by atoms with van der Waals surface area (Å²) in [5.41, 5.74) is 3.66. The van der Waals surface area contributed by atoms with Gasteiger partial charge >= 0.3 is 0 Å². The summed E-state index contributed by atoms with van der Waals surface area (Å²) < 4.78 is 2.34. The van der Waals surface area contributed by atoms with Crippen LogP contribution in [-0.4, -0.2) is 9.55 Å². The normalized spacial score (nSPS) is 16.5. The molecule has 0 bridgehead atoms. The van der Waals surface area contributed by atoms with Crippen molar-refractivity contribution < 1.29 is 0 Å². The molecule has 1 aliphatic carbocycles. The molecule has 0 aliphatic heterocycles. The lowest BCUT2D eigenvalue weighted by atomic mass is 10.0. The van der Waals surface area contributed by atoms with Crippen LogP contribution in [0.3, 0.4) is 0 Å². The predicted molar refractivity (Wildman–Crippen MR) is 80.6 cm³/mol. The van der Waals surface area contributed by atoms with Crippen molar-refractivity contribution >= 4 is 22.6 Å². The Morgan fingerprint density at radius 2 is 2.11 bits per heavy atom. The summed E-state index contributed by atoms with van der Waals surface area (Å²) in [4.78, 5) is 4.67. The van der Waals surface area contributed by atoms with Crippen molar-refractivity contribution in [3.63, 3.8) is 0 Å². The molecule has 0 atom stereocenters. The van der Waals surface area contributed by atoms with E-state index in [2.05, 4.69) is 34.7 Å². The molecule has 1 aromatic carbocycles. The minimum Gasteiger partial charge on any atom is -0.327 e. The molecule has 1 saturated carbocycles. The first-order valence-electron chi connectivity index (χ1n) is 7.30. The van der Waals surface area contributed by atoms with Crippen LogP contribution in [0.1, 0.15) is 43.5 Å². The maximum atomic E-state index is 6.07. The van der Waals surface area contributed by atoms with Gasteiger partial charge in [-0.3, -0.25) is 0 Å². The second-order valence-electron chi connectivity index (χ2n) is 5.70. The number of rotatable bonds is 4. The molecule has 0 radical (unpaired) electrons. The second kappa shape index (κ2) is 5.54. The lowest BCUT2D eigenvalue weighted by Gasteiger charge is -2.13. The van der Waals surface area contributed by atoms with Gasteiger partial charge in [-0.25, -0.2) is 4.98 Å². The van der Waals surface area contributed by atoms with Crippen LogP contribution >= 0.6 is 11.6 Å². The molecule has 0 unspecified atom stereocenters. The van der Waals surface area contributed by atoms with Gasteiger partial charge in [0.05, 0.1) is 16.9 Å². The Balaban J connectivity index is 1.91. The molecule has 0 N–H and O–H groups in total. The molecule has 0 saturated heterocycles. The van der Waals surface area contributed by atoms with Gasteiger partial charge in [-0.1, -0.05) is 37.8 Å². The third-order valence-electron chi connectivity index (χ3n) is 4.40. The van der Waals surface area contributed by atoms with Gasteiger partial charge in [-0.15, -0.1) is 11.6 Å². The smallest absolute Gasteiger partial charge is 0.124 e. The zero-order valence-corrected chi connectivity index (χ0v) is 12.3. The molecule has 1 heterocycles. The highest BCUT2D eigenvalue weighted by molar-refractivity contribution is 6.16. The van der Waals surface area contributed by atoms with E-state index >= 15 is 0 Å². The number of halogens is 1. The van der Waals surface area contributed by atoms with Crippen molar-refractivity contribution in [3.8, 4) is 0 Å². The van der Waals surface area contributed by atoms with Gasteiger partial charge in [0, 0.05) is 6.54 Å². The Bertz CT molecular complexity index is 567. The molecule has 19 heavy (non-hydrogen) atoms. The van der Waals surface area contributed by atoms with Gasteiger partial charge in [-0.2, -0.15) is 0 Å². The Kier molecular flexibility index (Phi) is 3.79. The third kappa shape index (κ3) is 2.51. The summed E-state index contributed by atoms with van der Waals surface area (Å²) in [5, 5.41) is 0. The molecular formula is C16H21ClN2. The fourth-order valence-corrected chi connectivity index (χ4v) is 3.57. The summed E-state index contributed by atoms with van der Waals surface area (Å²) in [7, 11) is 0. The molecular weight excluding hydrogens is 256 g/mol. The lowest BCUT2D eigenvalue weighted by Crippen LogP contribution is -2.07. The van der Waals surface area contributed by atoms with Crippen LogP contribution in [0.4, 0.5) is 0 Å². The fraction of sp³-hybridized carbons (Fsp3) is 0.562. The van der Waals surface area contributed by atoms with Crippen molar-refractivity contribution in [2.75, 3.05) is 0 Å². The quantitative estimate of drug-likeness (QED) is 0.743. The van der Waals surface area contributed by atoms with Crippen LogP contribution in [0, 0.1) is 12.8 Å². The number of alkyl halides is 1. The van der Waals surface area contributed by atoms with E-state index in [4.69, 9.17) is 11.6 Å². The van der Waals surface area contributed by atoms with Crippen molar-refractivity contribution in [2.24, 2.45) is 5.92 Å². The maximum absolute atomic E-state index is 6.07. The second-order valence-corrected chi connectivity index (χ2v) is 5.96. The Morgan fingerprint density at radius 3 is 2.84 bits per heavy atom. The maximum Gasteiger partial charge on any atom is 0.124 e. The Labute approximate surface area is 119 Å². The van der Waals surface area contributed by atoms with Gasteiger partial charge < -0.3 is 4.57 Å². The number of nitrogens with zero attached hydrogens (tertiary/aromatic N) is 2. The van der Waals surface area contributed by atoms with Crippen molar-refractivity contribution in [2.45, 2.75) is 51.5 Å². The van der Waals surface area contributed by atoms with Crippen LogP contribution in [0.25, 0.3) is 11.0 Å². The number of hydrogen-bond acceptors (Lipinski definition) is 1. The van der Waals surface area contributed by atoms with Gasteiger partial charge in [0.2, 0.25) is 0 Å². The zero-order valence-electron chi connectivity index (χ0n) is 11.5. The summed E-state index contributed by atoms with van der Waals surface area (Å²) in [5.74, 6) is 2.42. The van der Waals surface area contributed by atoms with Crippen LogP contribution in [-0.2, 0) is 12.4 Å². The molecule has 2 aromatic rings. The number of fused-ring (bicyclic) bond motifs is 1. The molecule has 3 rings (SSSR count). The van der Waals surface area contributed by atoms with Gasteiger partial charge in [0.15, 0.2) is 0 Å². The first-order valence-corrected chi connectivity index (χ1v) is 7.83. The van der Waals surface area contributed by atoms with Gasteiger partial charge in [-0.05, 0) is 30.9 Å². The number of imidazole rings is 1. The number of aryl methyl sites for hydroxylation is 2. The summed E-state index contributed by atoms with van der Waals surface area (Å²) in [6, 6.07) is 6.32. The van der Waals surface area contributed by atoms with E-state index < -0.39 is 0 Å². The number of aromatic nitrogens is 2. The molecule has 1 fully saturated rings. The fourth-order valence-electron chi connectivity index (χ4n) is 3.37. The Morgan fingerprint density at radius 1 is 1.32 bits per heavy atom. The van der Waals surface area contributed by atoms with E-state index in [1.54, 1.807) is 0 Å². The summed E-state index contributed by atoms with van der Waals surface area (Å²) >= 11 is 6.07. The molecule has 2 nitrogen and oxygen atoms in total. The largest absolute Gasteiger partial charge is 0.327 e. The number of para-hydroxylation sites is 1.